The average Bonchev–Trinajstić information content (AvgIpc) is 3.13. The van der Waals surface area contributed by atoms with Crippen molar-refractivity contribution in [3.05, 3.63) is 51.9 Å². The second kappa shape index (κ2) is 10.7. The van der Waals surface area contributed by atoms with Crippen LogP contribution in [0, 0.1) is 0 Å². The van der Waals surface area contributed by atoms with Gasteiger partial charge in [0, 0.05) is 36.6 Å². The third kappa shape index (κ3) is 6.17. The highest BCUT2D eigenvalue weighted by atomic mass is 35.5. The third-order valence-corrected chi connectivity index (χ3v) is 5.66. The molecule has 0 spiro atoms. The summed E-state index contributed by atoms with van der Waals surface area (Å²) in [4.78, 5) is 34.8. The number of halogens is 5. The summed E-state index contributed by atoms with van der Waals surface area (Å²) < 4.78 is 55.5. The first-order valence-electron chi connectivity index (χ1n) is 10.6. The summed E-state index contributed by atoms with van der Waals surface area (Å²) in [6.07, 6.45) is -1.99. The van der Waals surface area contributed by atoms with Gasteiger partial charge in [0.2, 0.25) is 11.8 Å². The zero-order valence-corrected chi connectivity index (χ0v) is 19.5. The van der Waals surface area contributed by atoms with E-state index in [4.69, 9.17) is 11.6 Å². The van der Waals surface area contributed by atoms with Crippen molar-refractivity contribution in [3.8, 4) is 5.88 Å². The van der Waals surface area contributed by atoms with Crippen LogP contribution in [-0.2, 0) is 17.8 Å². The zero-order valence-electron chi connectivity index (χ0n) is 18.8. The van der Waals surface area contributed by atoms with E-state index in [0.29, 0.717) is 22.4 Å². The van der Waals surface area contributed by atoms with E-state index in [-0.39, 0.29) is 36.3 Å². The van der Waals surface area contributed by atoms with Crippen molar-refractivity contribution in [2.24, 2.45) is 0 Å². The topological polar surface area (TPSA) is 105 Å². The van der Waals surface area contributed by atoms with Crippen molar-refractivity contribution in [3.63, 3.8) is 0 Å². The second-order valence-electron chi connectivity index (χ2n) is 8.13. The first kappa shape index (κ1) is 26.6. The average molecular weight is 519 g/mol. The Morgan fingerprint density at radius 3 is 2.69 bits per heavy atom. The van der Waals surface area contributed by atoms with Gasteiger partial charge in [-0.25, -0.2) is 13.8 Å². The summed E-state index contributed by atoms with van der Waals surface area (Å²) in [5.41, 5.74) is 1.85. The Labute approximate surface area is 203 Å². The zero-order chi connectivity index (χ0) is 25.9. The first-order chi connectivity index (χ1) is 16.4. The number of fused-ring (bicyclic) bond motifs is 1. The van der Waals surface area contributed by atoms with Gasteiger partial charge in [0.05, 0.1) is 24.3 Å². The van der Waals surface area contributed by atoms with Crippen LogP contribution in [0.5, 0.6) is 5.88 Å². The highest BCUT2D eigenvalue weighted by molar-refractivity contribution is 6.31. The fourth-order valence-corrected chi connectivity index (χ4v) is 3.66. The number of carbonyl (C=O) groups excluding carboxylic acids is 2. The predicted octanol–water partition coefficient (Wildman–Crippen LogP) is 3.17. The Morgan fingerprint density at radius 1 is 1.34 bits per heavy atom. The molecule has 3 rings (SSSR count). The monoisotopic (exact) mass is 518 g/mol. The lowest BCUT2D eigenvalue weighted by Crippen LogP contribution is -2.34. The normalized spacial score (nSPS) is 15.2. The van der Waals surface area contributed by atoms with Crippen LogP contribution in [0.25, 0.3) is 0 Å². The molecule has 1 aliphatic heterocycles. The molecule has 2 aromatic rings. The molecule has 2 amide bonds. The predicted molar refractivity (Wildman–Crippen MR) is 117 cm³/mol. The number of aliphatic hydroxyl groups is 1. The number of hydrogen-bond acceptors (Lipinski definition) is 6. The lowest BCUT2D eigenvalue weighted by atomic mass is 10.1. The van der Waals surface area contributed by atoms with Gasteiger partial charge in [-0.15, -0.1) is 0 Å². The SMILES string of the molecule is CC(c1cnc(OCC(F)(F)C(F)F)c(Cl)c1)N1Cc2c(ccnc2CC(=O)NC[C@@H](C)O)C1=O. The molecule has 0 fully saturated rings. The molecule has 3 heterocycles. The maximum Gasteiger partial charge on any atom is 0.340 e. The summed E-state index contributed by atoms with van der Waals surface area (Å²) >= 11 is 6.05. The molecule has 2 aromatic heterocycles. The minimum absolute atomic E-state index is 0.0753. The van der Waals surface area contributed by atoms with E-state index in [2.05, 4.69) is 20.0 Å². The van der Waals surface area contributed by atoms with Crippen molar-refractivity contribution in [2.45, 2.75) is 51.3 Å². The molecule has 0 bridgehead atoms. The molecule has 35 heavy (non-hydrogen) atoms. The highest BCUT2D eigenvalue weighted by Gasteiger charge is 2.42. The number of carbonyl (C=O) groups is 2. The molecule has 2 atom stereocenters. The van der Waals surface area contributed by atoms with Gasteiger partial charge in [-0.3, -0.25) is 14.6 Å². The Morgan fingerprint density at radius 2 is 2.06 bits per heavy atom. The summed E-state index contributed by atoms with van der Waals surface area (Å²) in [6.45, 7) is 1.88. The summed E-state index contributed by atoms with van der Waals surface area (Å²) in [5.74, 6) is -5.46. The van der Waals surface area contributed by atoms with Crippen molar-refractivity contribution in [1.82, 2.24) is 20.2 Å². The molecule has 190 valence electrons. The minimum Gasteiger partial charge on any atom is -0.470 e. The van der Waals surface area contributed by atoms with Gasteiger partial charge in [0.15, 0.2) is 6.61 Å². The van der Waals surface area contributed by atoms with Gasteiger partial charge < -0.3 is 20.1 Å². The minimum atomic E-state index is -4.36. The van der Waals surface area contributed by atoms with Crippen LogP contribution < -0.4 is 10.1 Å². The van der Waals surface area contributed by atoms with Gasteiger partial charge in [-0.1, -0.05) is 11.6 Å². The number of amides is 2. The quantitative estimate of drug-likeness (QED) is 0.468. The van der Waals surface area contributed by atoms with Crippen LogP contribution in [0.2, 0.25) is 5.02 Å². The van der Waals surface area contributed by atoms with E-state index < -0.39 is 37.0 Å². The van der Waals surface area contributed by atoms with Crippen LogP contribution in [0.3, 0.4) is 0 Å². The number of aromatic nitrogens is 2. The lowest BCUT2D eigenvalue weighted by Gasteiger charge is -2.25. The molecule has 0 radical (unpaired) electrons. The van der Waals surface area contributed by atoms with Crippen LogP contribution in [0.1, 0.15) is 47.1 Å². The first-order valence-corrected chi connectivity index (χ1v) is 10.9. The molecule has 1 unspecified atom stereocenters. The molecule has 1 aliphatic rings. The molecule has 0 saturated carbocycles. The van der Waals surface area contributed by atoms with Crippen molar-refractivity contribution in [2.75, 3.05) is 13.2 Å². The summed E-state index contributed by atoms with van der Waals surface area (Å²) in [7, 11) is 0. The van der Waals surface area contributed by atoms with Crippen LogP contribution in [0.4, 0.5) is 17.6 Å². The molecule has 13 heteroatoms. The number of hydrogen-bond donors (Lipinski definition) is 2. The number of nitrogens with one attached hydrogen (secondary N) is 1. The van der Waals surface area contributed by atoms with Crippen molar-refractivity contribution < 1.29 is 37.0 Å². The number of aliphatic hydroxyl groups excluding tert-OH is 1. The molecule has 8 nitrogen and oxygen atoms in total. The summed E-state index contributed by atoms with van der Waals surface area (Å²) in [5, 5.41) is 11.7. The van der Waals surface area contributed by atoms with E-state index in [1.54, 1.807) is 13.0 Å². The third-order valence-electron chi connectivity index (χ3n) is 5.39. The van der Waals surface area contributed by atoms with Gasteiger partial charge in [-0.2, -0.15) is 8.78 Å². The Hall–Kier alpha value is -2.99. The maximum absolute atomic E-state index is 13.1. The highest BCUT2D eigenvalue weighted by Crippen LogP contribution is 2.35. The number of nitrogens with zero attached hydrogens (tertiary/aromatic N) is 3. The fourth-order valence-electron chi connectivity index (χ4n) is 3.43. The molecule has 0 saturated heterocycles. The number of ether oxygens (including phenoxy) is 1. The number of alkyl halides is 4. The lowest BCUT2D eigenvalue weighted by molar-refractivity contribution is -0.148. The maximum atomic E-state index is 13.1. The molecule has 2 N–H and O–H groups in total. The van der Waals surface area contributed by atoms with Crippen molar-refractivity contribution >= 4 is 23.4 Å². The van der Waals surface area contributed by atoms with E-state index in [1.807, 2.05) is 0 Å². The number of rotatable bonds is 10. The Bertz CT molecular complexity index is 1100. The van der Waals surface area contributed by atoms with E-state index in [0.717, 1.165) is 0 Å². The van der Waals surface area contributed by atoms with Gasteiger partial charge in [-0.05, 0) is 31.5 Å². The van der Waals surface area contributed by atoms with Gasteiger partial charge in [0.25, 0.3) is 5.91 Å². The Kier molecular flexibility index (Phi) is 8.16. The van der Waals surface area contributed by atoms with Crippen LogP contribution in [0.15, 0.2) is 24.5 Å². The van der Waals surface area contributed by atoms with Crippen molar-refractivity contribution in [1.29, 1.82) is 0 Å². The molecular formula is C22H23ClF4N4O4. The standard InChI is InChI=1S/C22H23ClF4N4O4/c1-11(32)7-29-18(33)6-17-15-9-31(20(34)14(15)3-4-28-17)12(2)13-5-16(23)19(30-8-13)35-10-22(26,27)21(24)25/h3-5,8,11-12,21,32H,6-7,9-10H2,1-2H3,(H,29,33)/t11-,12?/m1/s1. The van der Waals surface area contributed by atoms with Crippen LogP contribution >= 0.6 is 11.6 Å². The van der Waals surface area contributed by atoms with Crippen LogP contribution in [-0.4, -0.2) is 63.4 Å². The fraction of sp³-hybridized carbons (Fsp3) is 0.455. The molecule has 0 aromatic carbocycles. The van der Waals surface area contributed by atoms with Gasteiger partial charge >= 0.3 is 12.3 Å². The largest absolute Gasteiger partial charge is 0.470 e. The Balaban J connectivity index is 1.73. The smallest absolute Gasteiger partial charge is 0.340 e. The molecule has 0 aliphatic carbocycles. The summed E-state index contributed by atoms with van der Waals surface area (Å²) in [6, 6.07) is 2.34. The van der Waals surface area contributed by atoms with E-state index in [1.165, 1.54) is 30.3 Å². The van der Waals surface area contributed by atoms with Gasteiger partial charge in [0.1, 0.15) is 5.02 Å². The second-order valence-corrected chi connectivity index (χ2v) is 8.54. The van der Waals surface area contributed by atoms with E-state index >= 15 is 0 Å². The number of pyridine rings is 2. The van der Waals surface area contributed by atoms with E-state index in [9.17, 15) is 32.3 Å². The molecular weight excluding hydrogens is 496 g/mol.